The third-order valence-corrected chi connectivity index (χ3v) is 4.51. The average molecular weight is 261 g/mol. The maximum Gasteiger partial charge on any atom is 0.181 e. The minimum absolute atomic E-state index is 0.663. The van der Waals surface area contributed by atoms with Crippen LogP contribution >= 0.6 is 11.3 Å². The maximum absolute atomic E-state index is 5.73. The number of benzene rings is 1. The molecule has 1 fully saturated rings. The second-order valence-corrected chi connectivity index (χ2v) is 6.10. The Labute approximate surface area is 111 Å². The Morgan fingerprint density at radius 3 is 3.17 bits per heavy atom. The van der Waals surface area contributed by atoms with Gasteiger partial charge in [0.1, 0.15) is 0 Å². The summed E-state index contributed by atoms with van der Waals surface area (Å²) < 4.78 is 1.21. The fourth-order valence-corrected chi connectivity index (χ4v) is 3.45. The number of nitrogens with two attached hydrogens (primary N) is 1. The fourth-order valence-electron chi connectivity index (χ4n) is 2.65. The summed E-state index contributed by atoms with van der Waals surface area (Å²) >= 11 is 1.58. The Morgan fingerprint density at radius 2 is 2.33 bits per heavy atom. The highest BCUT2D eigenvalue weighted by atomic mass is 32.1. The third kappa shape index (κ3) is 2.65. The van der Waals surface area contributed by atoms with Crippen LogP contribution in [0.4, 0.5) is 5.13 Å². The zero-order valence-corrected chi connectivity index (χ0v) is 11.3. The van der Waals surface area contributed by atoms with Gasteiger partial charge in [0.15, 0.2) is 5.13 Å². The predicted octanol–water partition coefficient (Wildman–Crippen LogP) is 2.95. The first-order chi connectivity index (χ1) is 8.81. The largest absolute Gasteiger partial charge is 0.375 e. The fraction of sp³-hybridized carbons (Fsp3) is 0.500. The van der Waals surface area contributed by atoms with Gasteiger partial charge in [-0.3, -0.25) is 0 Å². The van der Waals surface area contributed by atoms with Crippen molar-refractivity contribution >= 4 is 26.7 Å². The number of nitrogens with one attached hydrogen (secondary N) is 1. The van der Waals surface area contributed by atoms with E-state index in [-0.39, 0.29) is 0 Å². The van der Waals surface area contributed by atoms with E-state index in [9.17, 15) is 0 Å². The van der Waals surface area contributed by atoms with Crippen LogP contribution in [0.5, 0.6) is 0 Å². The molecule has 0 aliphatic carbocycles. The van der Waals surface area contributed by atoms with E-state index < -0.39 is 0 Å². The molecule has 96 valence electrons. The van der Waals surface area contributed by atoms with Crippen LogP contribution in [0.25, 0.3) is 10.2 Å². The molecule has 2 aromatic rings. The molecule has 4 heteroatoms. The summed E-state index contributed by atoms with van der Waals surface area (Å²) in [6.07, 6.45) is 6.42. The molecule has 2 heterocycles. The molecule has 18 heavy (non-hydrogen) atoms. The lowest BCUT2D eigenvalue weighted by atomic mass is 9.98. The highest BCUT2D eigenvalue weighted by Crippen LogP contribution is 2.25. The number of fused-ring (bicyclic) bond motifs is 1. The number of rotatable bonds is 3. The molecule has 3 N–H and O–H groups in total. The van der Waals surface area contributed by atoms with E-state index in [1.807, 2.05) is 0 Å². The number of hydrogen-bond donors (Lipinski definition) is 2. The second kappa shape index (κ2) is 5.24. The summed E-state index contributed by atoms with van der Waals surface area (Å²) in [4.78, 5) is 4.29. The van der Waals surface area contributed by atoms with Gasteiger partial charge in [0.25, 0.3) is 0 Å². The lowest BCUT2D eigenvalue weighted by Crippen LogP contribution is -2.34. The molecule has 3 rings (SSSR count). The third-order valence-electron chi connectivity index (χ3n) is 3.66. The van der Waals surface area contributed by atoms with E-state index in [2.05, 4.69) is 28.5 Å². The molecule has 0 radical (unpaired) electrons. The van der Waals surface area contributed by atoms with Gasteiger partial charge in [-0.15, -0.1) is 0 Å². The lowest BCUT2D eigenvalue weighted by Gasteiger charge is -2.23. The van der Waals surface area contributed by atoms with Crippen LogP contribution in [-0.4, -0.2) is 17.6 Å². The number of hydrogen-bond acceptors (Lipinski definition) is 4. The van der Waals surface area contributed by atoms with Gasteiger partial charge in [-0.2, -0.15) is 0 Å². The Kier molecular flexibility index (Phi) is 3.48. The minimum atomic E-state index is 0.663. The number of aryl methyl sites for hydroxylation is 1. The van der Waals surface area contributed by atoms with Gasteiger partial charge in [0.05, 0.1) is 10.2 Å². The summed E-state index contributed by atoms with van der Waals surface area (Å²) in [5.74, 6) is 0. The van der Waals surface area contributed by atoms with E-state index in [1.54, 1.807) is 11.3 Å². The van der Waals surface area contributed by atoms with Gasteiger partial charge >= 0.3 is 0 Å². The molecule has 0 amide bonds. The normalized spacial score (nSPS) is 20.3. The standard InChI is InChI=1S/C14H19N3S/c15-14-17-12-7-5-10(9-13(12)18-14)4-6-11-3-1-2-8-16-11/h5,7,9,11,16H,1-4,6,8H2,(H2,15,17). The zero-order valence-electron chi connectivity index (χ0n) is 10.5. The molecular weight excluding hydrogens is 242 g/mol. The molecule has 0 spiro atoms. The number of piperidine rings is 1. The topological polar surface area (TPSA) is 50.9 Å². The van der Waals surface area contributed by atoms with Gasteiger partial charge < -0.3 is 11.1 Å². The van der Waals surface area contributed by atoms with Crippen molar-refractivity contribution in [1.82, 2.24) is 10.3 Å². The Bertz CT molecular complexity index is 529. The van der Waals surface area contributed by atoms with Crippen molar-refractivity contribution in [2.75, 3.05) is 12.3 Å². The first kappa shape index (κ1) is 11.9. The zero-order chi connectivity index (χ0) is 12.4. The van der Waals surface area contributed by atoms with Crippen LogP contribution in [0, 0.1) is 0 Å². The summed E-state index contributed by atoms with van der Waals surface area (Å²) in [7, 11) is 0. The maximum atomic E-state index is 5.73. The molecule has 0 saturated carbocycles. The number of aromatic nitrogens is 1. The summed E-state index contributed by atoms with van der Waals surface area (Å²) in [6.45, 7) is 1.19. The van der Waals surface area contributed by atoms with Crippen LogP contribution in [0.3, 0.4) is 0 Å². The number of thiazole rings is 1. The van der Waals surface area contributed by atoms with E-state index >= 15 is 0 Å². The molecule has 1 aliphatic heterocycles. The van der Waals surface area contributed by atoms with Crippen LogP contribution in [0.1, 0.15) is 31.2 Å². The van der Waals surface area contributed by atoms with Gasteiger partial charge in [0.2, 0.25) is 0 Å². The van der Waals surface area contributed by atoms with Crippen LogP contribution < -0.4 is 11.1 Å². The summed E-state index contributed by atoms with van der Waals surface area (Å²) in [6, 6.07) is 7.23. The minimum Gasteiger partial charge on any atom is -0.375 e. The van der Waals surface area contributed by atoms with Gasteiger partial charge in [-0.05, 0) is 49.9 Å². The number of nitrogen functional groups attached to an aromatic ring is 1. The van der Waals surface area contributed by atoms with Crippen LogP contribution in [0.2, 0.25) is 0 Å². The van der Waals surface area contributed by atoms with Gasteiger partial charge in [0, 0.05) is 6.04 Å². The quantitative estimate of drug-likeness (QED) is 0.893. The van der Waals surface area contributed by atoms with E-state index in [4.69, 9.17) is 5.73 Å². The highest BCUT2D eigenvalue weighted by Gasteiger charge is 2.12. The van der Waals surface area contributed by atoms with Gasteiger partial charge in [-0.25, -0.2) is 4.98 Å². The van der Waals surface area contributed by atoms with E-state index in [1.165, 1.54) is 42.5 Å². The highest BCUT2D eigenvalue weighted by molar-refractivity contribution is 7.22. The molecule has 1 unspecified atom stereocenters. The molecule has 1 aromatic carbocycles. The van der Waals surface area contributed by atoms with Crippen molar-refractivity contribution in [3.05, 3.63) is 23.8 Å². The first-order valence-electron chi connectivity index (χ1n) is 6.69. The Morgan fingerprint density at radius 1 is 1.39 bits per heavy atom. The summed E-state index contributed by atoms with van der Waals surface area (Å²) in [5.41, 5.74) is 8.16. The molecule has 1 aromatic heterocycles. The molecule has 1 saturated heterocycles. The number of nitrogens with zero attached hydrogens (tertiary/aromatic N) is 1. The average Bonchev–Trinajstić information content (AvgIpc) is 2.77. The predicted molar refractivity (Wildman–Crippen MR) is 78.0 cm³/mol. The SMILES string of the molecule is Nc1nc2ccc(CCC3CCCCN3)cc2s1. The summed E-state index contributed by atoms with van der Waals surface area (Å²) in [5, 5.41) is 4.26. The van der Waals surface area contributed by atoms with Crippen LogP contribution in [-0.2, 0) is 6.42 Å². The van der Waals surface area contributed by atoms with Crippen molar-refractivity contribution in [2.45, 2.75) is 38.1 Å². The smallest absolute Gasteiger partial charge is 0.181 e. The molecule has 1 aliphatic rings. The Hall–Kier alpha value is -1.13. The monoisotopic (exact) mass is 261 g/mol. The molecular formula is C14H19N3S. The van der Waals surface area contributed by atoms with Gasteiger partial charge in [-0.1, -0.05) is 23.8 Å². The molecule has 1 atom stereocenters. The van der Waals surface area contributed by atoms with E-state index in [0.29, 0.717) is 11.2 Å². The number of anilines is 1. The van der Waals surface area contributed by atoms with Crippen molar-refractivity contribution in [1.29, 1.82) is 0 Å². The van der Waals surface area contributed by atoms with Crippen LogP contribution in [0.15, 0.2) is 18.2 Å². The van der Waals surface area contributed by atoms with Crippen molar-refractivity contribution in [3.8, 4) is 0 Å². The lowest BCUT2D eigenvalue weighted by molar-refractivity contribution is 0.383. The van der Waals surface area contributed by atoms with E-state index in [0.717, 1.165) is 11.9 Å². The first-order valence-corrected chi connectivity index (χ1v) is 7.51. The molecule has 3 nitrogen and oxygen atoms in total. The van der Waals surface area contributed by atoms with Crippen molar-refractivity contribution in [3.63, 3.8) is 0 Å². The van der Waals surface area contributed by atoms with Crippen molar-refractivity contribution < 1.29 is 0 Å². The second-order valence-electron chi connectivity index (χ2n) is 5.04. The van der Waals surface area contributed by atoms with Crippen molar-refractivity contribution in [2.24, 2.45) is 0 Å². The Balaban J connectivity index is 1.66. The molecule has 0 bridgehead atoms.